The normalized spacial score (nSPS) is 18.2. The van der Waals surface area contributed by atoms with E-state index in [2.05, 4.69) is 17.9 Å². The van der Waals surface area contributed by atoms with Crippen LogP contribution in [-0.2, 0) is 10.2 Å². The van der Waals surface area contributed by atoms with E-state index in [0.717, 1.165) is 49.6 Å². The van der Waals surface area contributed by atoms with Gasteiger partial charge in [-0.2, -0.15) is 0 Å². The van der Waals surface area contributed by atoms with Gasteiger partial charge in [-0.15, -0.1) is 0 Å². The number of fused-ring (bicyclic) bond motifs is 2. The Morgan fingerprint density at radius 3 is 2.65 bits per heavy atom. The van der Waals surface area contributed by atoms with Crippen molar-refractivity contribution in [3.05, 3.63) is 54.1 Å². The number of hydrogen-bond acceptors (Lipinski definition) is 5. The summed E-state index contributed by atoms with van der Waals surface area (Å²) in [7, 11) is 0. The molecule has 31 heavy (non-hydrogen) atoms. The summed E-state index contributed by atoms with van der Waals surface area (Å²) in [6, 6.07) is 16.0. The highest BCUT2D eigenvalue weighted by Gasteiger charge is 2.43. The number of benzene rings is 2. The highest BCUT2D eigenvalue weighted by atomic mass is 16.5. The lowest BCUT2D eigenvalue weighted by Gasteiger charge is -2.38. The van der Waals surface area contributed by atoms with Gasteiger partial charge in [-0.05, 0) is 50.6 Å². The number of carboxylic acids is 1. The maximum absolute atomic E-state index is 10.8. The monoisotopic (exact) mass is 425 g/mol. The number of carbonyl (C=O) groups is 1. The van der Waals surface area contributed by atoms with Crippen LogP contribution >= 0.6 is 0 Å². The molecule has 2 aliphatic rings. The molecule has 1 fully saturated rings. The average Bonchev–Trinajstić information content (AvgIpc) is 3.14. The van der Waals surface area contributed by atoms with E-state index in [1.807, 2.05) is 42.5 Å². The maximum atomic E-state index is 10.8. The molecule has 166 valence electrons. The van der Waals surface area contributed by atoms with Gasteiger partial charge in [0, 0.05) is 23.6 Å². The van der Waals surface area contributed by atoms with Crippen LogP contribution in [0.1, 0.15) is 38.2 Å². The second kappa shape index (κ2) is 9.60. The third kappa shape index (κ3) is 5.13. The van der Waals surface area contributed by atoms with Crippen LogP contribution in [0.5, 0.6) is 17.2 Å². The molecule has 0 aromatic heterocycles. The molecule has 0 amide bonds. The third-order valence-corrected chi connectivity index (χ3v) is 6.42. The molecule has 2 aromatic carbocycles. The van der Waals surface area contributed by atoms with Crippen molar-refractivity contribution in [1.29, 1.82) is 0 Å². The molecule has 2 heterocycles. The first-order valence-electron chi connectivity index (χ1n) is 11.1. The van der Waals surface area contributed by atoms with Crippen molar-refractivity contribution in [2.75, 3.05) is 32.8 Å². The summed E-state index contributed by atoms with van der Waals surface area (Å²) in [5.74, 6) is 1.83. The van der Waals surface area contributed by atoms with E-state index < -0.39 is 5.97 Å². The molecular formula is C25H31NO5. The summed E-state index contributed by atoms with van der Waals surface area (Å²) >= 11 is 0. The highest BCUT2D eigenvalue weighted by Crippen LogP contribution is 2.46. The van der Waals surface area contributed by atoms with Crippen LogP contribution in [0, 0.1) is 0 Å². The Morgan fingerprint density at radius 1 is 1.16 bits per heavy atom. The minimum atomic E-state index is -0.734. The van der Waals surface area contributed by atoms with E-state index in [-0.39, 0.29) is 17.9 Å². The lowest BCUT2D eigenvalue weighted by Crippen LogP contribution is -2.44. The van der Waals surface area contributed by atoms with Crippen molar-refractivity contribution in [1.82, 2.24) is 4.90 Å². The fourth-order valence-electron chi connectivity index (χ4n) is 4.43. The smallest absolute Gasteiger partial charge is 0.304 e. The first kappa shape index (κ1) is 21.5. The molecule has 1 unspecified atom stereocenters. The van der Waals surface area contributed by atoms with E-state index in [9.17, 15) is 4.79 Å². The Kier molecular flexibility index (Phi) is 6.66. The second-order valence-corrected chi connectivity index (χ2v) is 8.48. The number of hydrogen-bond donors (Lipinski definition) is 1. The van der Waals surface area contributed by atoms with Crippen molar-refractivity contribution in [3.63, 3.8) is 0 Å². The van der Waals surface area contributed by atoms with Crippen LogP contribution in [-0.4, -0.2) is 54.9 Å². The van der Waals surface area contributed by atoms with Crippen LogP contribution in [0.25, 0.3) is 0 Å². The summed E-state index contributed by atoms with van der Waals surface area (Å²) < 4.78 is 18.1. The second-order valence-electron chi connectivity index (χ2n) is 8.48. The number of piperidine rings is 1. The molecule has 0 saturated carbocycles. The molecule has 0 aliphatic carbocycles. The zero-order chi connectivity index (χ0) is 21.7. The molecule has 1 N–H and O–H groups in total. The number of para-hydroxylation sites is 1. The maximum Gasteiger partial charge on any atom is 0.304 e. The molecule has 6 nitrogen and oxygen atoms in total. The number of likely N-dealkylation sites (tertiary alicyclic amines) is 1. The molecule has 2 aromatic rings. The van der Waals surface area contributed by atoms with Crippen LogP contribution in [0.15, 0.2) is 48.5 Å². The van der Waals surface area contributed by atoms with E-state index in [1.54, 1.807) is 0 Å². The molecule has 0 bridgehead atoms. The van der Waals surface area contributed by atoms with Gasteiger partial charge in [0.25, 0.3) is 0 Å². The van der Waals surface area contributed by atoms with E-state index in [0.29, 0.717) is 19.8 Å². The molecule has 4 rings (SSSR count). The quantitative estimate of drug-likeness (QED) is 0.652. The van der Waals surface area contributed by atoms with E-state index in [4.69, 9.17) is 19.3 Å². The van der Waals surface area contributed by atoms with Gasteiger partial charge in [0.2, 0.25) is 0 Å². The lowest BCUT2D eigenvalue weighted by atomic mass is 9.74. The number of nitrogens with zero attached hydrogens (tertiary/aromatic N) is 1. The van der Waals surface area contributed by atoms with E-state index >= 15 is 0 Å². The van der Waals surface area contributed by atoms with E-state index in [1.165, 1.54) is 5.56 Å². The summed E-state index contributed by atoms with van der Waals surface area (Å²) in [6.45, 7) is 5.69. The van der Waals surface area contributed by atoms with Crippen LogP contribution < -0.4 is 14.2 Å². The van der Waals surface area contributed by atoms with Crippen molar-refractivity contribution >= 4 is 5.97 Å². The summed E-state index contributed by atoms with van der Waals surface area (Å²) in [6.07, 6.45) is 3.02. The minimum absolute atomic E-state index is 0.0157. The third-order valence-electron chi connectivity index (χ3n) is 6.42. The Labute approximate surface area is 183 Å². The van der Waals surface area contributed by atoms with Gasteiger partial charge in [0.1, 0.15) is 30.0 Å². The SMILES string of the molecule is CCC(COc1ccc2c(c1)OCC21CCN(CCC(=O)O)CC1)Oc1ccccc1. The number of aliphatic carboxylic acids is 1. The zero-order valence-corrected chi connectivity index (χ0v) is 18.1. The molecule has 0 radical (unpaired) electrons. The number of rotatable bonds is 9. The highest BCUT2D eigenvalue weighted by molar-refractivity contribution is 5.66. The standard InChI is InChI=1S/C25H31NO5/c1-2-19(31-20-6-4-3-5-7-20)17-29-21-8-9-22-23(16-21)30-18-25(22)11-14-26(15-12-25)13-10-24(27)28/h3-9,16,19H,2,10-15,17-18H2,1H3,(H,27,28). The number of carboxylic acid groups (broad SMARTS) is 1. The fraction of sp³-hybridized carbons (Fsp3) is 0.480. The Balaban J connectivity index is 1.34. The zero-order valence-electron chi connectivity index (χ0n) is 18.1. The molecule has 2 aliphatic heterocycles. The molecule has 1 atom stereocenters. The molecular weight excluding hydrogens is 394 g/mol. The first-order valence-corrected chi connectivity index (χ1v) is 11.1. The van der Waals surface area contributed by atoms with Gasteiger partial charge in [-0.25, -0.2) is 0 Å². The van der Waals surface area contributed by atoms with Gasteiger partial charge < -0.3 is 24.2 Å². The van der Waals surface area contributed by atoms with Crippen molar-refractivity contribution in [3.8, 4) is 17.2 Å². The van der Waals surface area contributed by atoms with Crippen LogP contribution in [0.2, 0.25) is 0 Å². The first-order chi connectivity index (χ1) is 15.1. The fourth-order valence-corrected chi connectivity index (χ4v) is 4.43. The van der Waals surface area contributed by atoms with Crippen molar-refractivity contribution in [2.45, 2.75) is 44.1 Å². The molecule has 6 heteroatoms. The Bertz CT molecular complexity index is 877. The van der Waals surface area contributed by atoms with Gasteiger partial charge in [0.15, 0.2) is 0 Å². The van der Waals surface area contributed by atoms with Gasteiger partial charge in [-0.3, -0.25) is 4.79 Å². The van der Waals surface area contributed by atoms with Crippen molar-refractivity contribution in [2.24, 2.45) is 0 Å². The summed E-state index contributed by atoms with van der Waals surface area (Å²) in [4.78, 5) is 13.1. The lowest BCUT2D eigenvalue weighted by molar-refractivity contribution is -0.137. The van der Waals surface area contributed by atoms with Crippen molar-refractivity contribution < 1.29 is 24.1 Å². The van der Waals surface area contributed by atoms with Crippen LogP contribution in [0.3, 0.4) is 0 Å². The summed E-state index contributed by atoms with van der Waals surface area (Å²) in [5.41, 5.74) is 1.29. The average molecular weight is 426 g/mol. The van der Waals surface area contributed by atoms with Gasteiger partial charge >= 0.3 is 5.97 Å². The predicted octanol–water partition coefficient (Wildman–Crippen LogP) is 4.12. The van der Waals surface area contributed by atoms with Gasteiger partial charge in [0.05, 0.1) is 13.0 Å². The molecule has 1 saturated heterocycles. The minimum Gasteiger partial charge on any atom is -0.492 e. The number of ether oxygens (including phenoxy) is 3. The topological polar surface area (TPSA) is 68.2 Å². The van der Waals surface area contributed by atoms with Crippen LogP contribution in [0.4, 0.5) is 0 Å². The molecule has 1 spiro atoms. The Hall–Kier alpha value is -2.73. The summed E-state index contributed by atoms with van der Waals surface area (Å²) in [5, 5.41) is 8.91. The van der Waals surface area contributed by atoms with Gasteiger partial charge in [-0.1, -0.05) is 31.2 Å². The predicted molar refractivity (Wildman–Crippen MR) is 118 cm³/mol. The largest absolute Gasteiger partial charge is 0.492 e. The Morgan fingerprint density at radius 2 is 1.94 bits per heavy atom.